The van der Waals surface area contributed by atoms with Crippen molar-refractivity contribution in [2.24, 2.45) is 5.92 Å². The predicted molar refractivity (Wildman–Crippen MR) is 64.5 cm³/mol. The lowest BCUT2D eigenvalue weighted by Gasteiger charge is -2.31. The lowest BCUT2D eigenvalue weighted by molar-refractivity contribution is -0.131. The summed E-state index contributed by atoms with van der Waals surface area (Å²) in [5.41, 5.74) is 0. The first-order valence-electron chi connectivity index (χ1n) is 6.47. The van der Waals surface area contributed by atoms with Crippen LogP contribution < -0.4 is 10.6 Å². The van der Waals surface area contributed by atoms with Gasteiger partial charge in [-0.1, -0.05) is 6.92 Å². The SMILES string of the molecule is CC1CCCN(C(=O)CNC(=O)NC2CC2)C1. The molecule has 0 aromatic rings. The second kappa shape index (κ2) is 5.38. The molecule has 0 aromatic heterocycles. The number of carbonyl (C=O) groups excluding carboxylic acids is 2. The third-order valence-electron chi connectivity index (χ3n) is 3.32. The maximum Gasteiger partial charge on any atom is 0.315 e. The molecule has 1 heterocycles. The zero-order chi connectivity index (χ0) is 12.3. The van der Waals surface area contributed by atoms with Crippen molar-refractivity contribution < 1.29 is 9.59 Å². The third-order valence-corrected chi connectivity index (χ3v) is 3.32. The predicted octanol–water partition coefficient (Wildman–Crippen LogP) is 0.707. The van der Waals surface area contributed by atoms with Gasteiger partial charge in [0.25, 0.3) is 0 Å². The Bertz CT molecular complexity index is 302. The van der Waals surface area contributed by atoms with Crippen LogP contribution in [0.4, 0.5) is 4.79 Å². The first kappa shape index (κ1) is 12.2. The minimum atomic E-state index is -0.217. The smallest absolute Gasteiger partial charge is 0.315 e. The van der Waals surface area contributed by atoms with E-state index in [0.29, 0.717) is 12.0 Å². The number of likely N-dealkylation sites (tertiary alicyclic amines) is 1. The minimum Gasteiger partial charge on any atom is -0.341 e. The molecule has 0 spiro atoms. The van der Waals surface area contributed by atoms with Crippen LogP contribution in [0.15, 0.2) is 0 Å². The number of amides is 3. The molecule has 1 saturated heterocycles. The summed E-state index contributed by atoms with van der Waals surface area (Å²) < 4.78 is 0. The molecular formula is C12H21N3O2. The molecule has 1 aliphatic carbocycles. The van der Waals surface area contributed by atoms with Gasteiger partial charge < -0.3 is 15.5 Å². The van der Waals surface area contributed by atoms with E-state index < -0.39 is 0 Å². The molecular weight excluding hydrogens is 218 g/mol. The lowest BCUT2D eigenvalue weighted by atomic mass is 10.0. The Morgan fingerprint density at radius 3 is 2.71 bits per heavy atom. The van der Waals surface area contributed by atoms with Crippen LogP contribution in [-0.4, -0.2) is 42.5 Å². The Kier molecular flexibility index (Phi) is 3.86. The summed E-state index contributed by atoms with van der Waals surface area (Å²) in [4.78, 5) is 25.0. The summed E-state index contributed by atoms with van der Waals surface area (Å²) in [6, 6.07) is 0.117. The van der Waals surface area contributed by atoms with E-state index in [9.17, 15) is 9.59 Å². The third kappa shape index (κ3) is 3.91. The fourth-order valence-electron chi connectivity index (χ4n) is 2.15. The molecule has 1 saturated carbocycles. The van der Waals surface area contributed by atoms with Crippen molar-refractivity contribution in [2.75, 3.05) is 19.6 Å². The number of hydrogen-bond donors (Lipinski definition) is 2. The Labute approximate surface area is 102 Å². The van der Waals surface area contributed by atoms with E-state index in [0.717, 1.165) is 32.4 Å². The van der Waals surface area contributed by atoms with Gasteiger partial charge in [-0.3, -0.25) is 4.79 Å². The van der Waals surface area contributed by atoms with E-state index in [1.807, 2.05) is 4.90 Å². The van der Waals surface area contributed by atoms with Gasteiger partial charge in [-0.05, 0) is 31.6 Å². The average Bonchev–Trinajstić information content (AvgIpc) is 3.10. The highest BCUT2D eigenvalue weighted by Crippen LogP contribution is 2.18. The van der Waals surface area contributed by atoms with Gasteiger partial charge in [0.2, 0.25) is 5.91 Å². The molecule has 2 aliphatic rings. The van der Waals surface area contributed by atoms with E-state index in [4.69, 9.17) is 0 Å². The van der Waals surface area contributed by atoms with Crippen LogP contribution in [0, 0.1) is 5.92 Å². The monoisotopic (exact) mass is 239 g/mol. The van der Waals surface area contributed by atoms with Gasteiger partial charge >= 0.3 is 6.03 Å². The normalized spacial score (nSPS) is 24.3. The second-order valence-electron chi connectivity index (χ2n) is 5.19. The molecule has 2 rings (SSSR count). The van der Waals surface area contributed by atoms with Crippen LogP contribution in [0.3, 0.4) is 0 Å². The Morgan fingerprint density at radius 2 is 2.06 bits per heavy atom. The molecule has 1 unspecified atom stereocenters. The van der Waals surface area contributed by atoms with E-state index in [1.54, 1.807) is 0 Å². The second-order valence-corrected chi connectivity index (χ2v) is 5.19. The van der Waals surface area contributed by atoms with Gasteiger partial charge in [-0.15, -0.1) is 0 Å². The molecule has 2 fully saturated rings. The number of urea groups is 1. The van der Waals surface area contributed by atoms with E-state index >= 15 is 0 Å². The maximum absolute atomic E-state index is 11.8. The molecule has 1 aliphatic heterocycles. The van der Waals surface area contributed by atoms with Crippen molar-refractivity contribution >= 4 is 11.9 Å². The number of piperidine rings is 1. The summed E-state index contributed by atoms with van der Waals surface area (Å²) in [5, 5.41) is 5.42. The van der Waals surface area contributed by atoms with Crippen molar-refractivity contribution in [3.8, 4) is 0 Å². The van der Waals surface area contributed by atoms with Gasteiger partial charge in [0.1, 0.15) is 0 Å². The minimum absolute atomic E-state index is 0.0301. The highest BCUT2D eigenvalue weighted by atomic mass is 16.2. The van der Waals surface area contributed by atoms with Crippen molar-refractivity contribution in [3.63, 3.8) is 0 Å². The Morgan fingerprint density at radius 1 is 1.29 bits per heavy atom. The molecule has 0 aromatic carbocycles. The summed E-state index contributed by atoms with van der Waals surface area (Å²) in [6.45, 7) is 3.93. The summed E-state index contributed by atoms with van der Waals surface area (Å²) >= 11 is 0. The Hall–Kier alpha value is -1.26. The van der Waals surface area contributed by atoms with E-state index in [-0.39, 0.29) is 18.5 Å². The molecule has 1 atom stereocenters. The van der Waals surface area contributed by atoms with Gasteiger partial charge in [0.05, 0.1) is 6.54 Å². The zero-order valence-corrected chi connectivity index (χ0v) is 10.4. The summed E-state index contributed by atoms with van der Waals surface area (Å²) in [7, 11) is 0. The average molecular weight is 239 g/mol. The molecule has 2 N–H and O–H groups in total. The summed E-state index contributed by atoms with van der Waals surface area (Å²) in [6.07, 6.45) is 4.39. The van der Waals surface area contributed by atoms with Gasteiger partial charge in [-0.25, -0.2) is 4.79 Å². The first-order chi connectivity index (χ1) is 8.15. The molecule has 5 nitrogen and oxygen atoms in total. The largest absolute Gasteiger partial charge is 0.341 e. The van der Waals surface area contributed by atoms with Crippen LogP contribution in [0.1, 0.15) is 32.6 Å². The zero-order valence-electron chi connectivity index (χ0n) is 10.4. The van der Waals surface area contributed by atoms with Crippen LogP contribution >= 0.6 is 0 Å². The number of carbonyl (C=O) groups is 2. The van der Waals surface area contributed by atoms with Crippen molar-refractivity contribution in [1.29, 1.82) is 0 Å². The van der Waals surface area contributed by atoms with Crippen LogP contribution in [-0.2, 0) is 4.79 Å². The quantitative estimate of drug-likeness (QED) is 0.762. The van der Waals surface area contributed by atoms with E-state index in [1.165, 1.54) is 6.42 Å². The standard InChI is InChI=1S/C12H21N3O2/c1-9-3-2-6-15(8-9)11(16)7-13-12(17)14-10-4-5-10/h9-10H,2-8H2,1H3,(H2,13,14,17). The number of nitrogens with one attached hydrogen (secondary N) is 2. The topological polar surface area (TPSA) is 61.4 Å². The lowest BCUT2D eigenvalue weighted by Crippen LogP contribution is -2.46. The van der Waals surface area contributed by atoms with Crippen LogP contribution in [0.5, 0.6) is 0 Å². The van der Waals surface area contributed by atoms with Gasteiger partial charge in [0, 0.05) is 19.1 Å². The van der Waals surface area contributed by atoms with Crippen molar-refractivity contribution in [1.82, 2.24) is 15.5 Å². The maximum atomic E-state index is 11.8. The highest BCUT2D eigenvalue weighted by molar-refractivity contribution is 5.84. The van der Waals surface area contributed by atoms with Crippen molar-refractivity contribution in [3.05, 3.63) is 0 Å². The van der Waals surface area contributed by atoms with Crippen LogP contribution in [0.2, 0.25) is 0 Å². The molecule has 5 heteroatoms. The van der Waals surface area contributed by atoms with Gasteiger partial charge in [-0.2, -0.15) is 0 Å². The number of rotatable bonds is 3. The Balaban J connectivity index is 1.66. The fraction of sp³-hybridized carbons (Fsp3) is 0.833. The van der Waals surface area contributed by atoms with E-state index in [2.05, 4.69) is 17.6 Å². The molecule has 3 amide bonds. The van der Waals surface area contributed by atoms with Crippen molar-refractivity contribution in [2.45, 2.75) is 38.6 Å². The number of nitrogens with zero attached hydrogens (tertiary/aromatic N) is 1. The fourth-order valence-corrected chi connectivity index (χ4v) is 2.15. The molecule has 17 heavy (non-hydrogen) atoms. The van der Waals surface area contributed by atoms with Crippen LogP contribution in [0.25, 0.3) is 0 Å². The van der Waals surface area contributed by atoms with Gasteiger partial charge in [0.15, 0.2) is 0 Å². The summed E-state index contributed by atoms with van der Waals surface area (Å²) in [5.74, 6) is 0.607. The first-order valence-corrected chi connectivity index (χ1v) is 6.47. The molecule has 0 bridgehead atoms. The molecule has 96 valence electrons. The number of hydrogen-bond acceptors (Lipinski definition) is 2. The molecule has 0 radical (unpaired) electrons. The highest BCUT2D eigenvalue weighted by Gasteiger charge is 2.24.